The fraction of sp³-hybridized carbons (Fsp3) is 0.111. The van der Waals surface area contributed by atoms with Gasteiger partial charge in [0.2, 0.25) is 0 Å². The SMILES string of the molecule is CC1(C)c2cc(N(c3ccc4c(c3)C(C)(C)c3c5c(c6oc7ccccc7c6c3-4)-c3ccccc3C5(C)C)c3c(-c4ccccc4)cccc3-c3ccccc3)ccc2-c2c1cc(-c1cccc(-c3ccccc3)c1)c1oc3ccccc3c21. The molecular weight excluding hydrogens is 1020 g/mol. The highest BCUT2D eigenvalue weighted by Gasteiger charge is 2.49. The van der Waals surface area contributed by atoms with Crippen LogP contribution >= 0.6 is 0 Å². The van der Waals surface area contributed by atoms with Crippen LogP contribution in [0.5, 0.6) is 0 Å². The minimum atomic E-state index is -0.406. The Kier molecular flexibility index (Phi) is 10.2. The zero-order valence-electron chi connectivity index (χ0n) is 47.9. The van der Waals surface area contributed by atoms with Crippen LogP contribution in [-0.4, -0.2) is 0 Å². The predicted molar refractivity (Wildman–Crippen MR) is 350 cm³/mol. The molecule has 84 heavy (non-hydrogen) atoms. The molecule has 0 bridgehead atoms. The van der Waals surface area contributed by atoms with Crippen LogP contribution in [0.15, 0.2) is 258 Å². The van der Waals surface area contributed by atoms with Crippen LogP contribution in [0.4, 0.5) is 17.1 Å². The quantitative estimate of drug-likeness (QED) is 0.159. The van der Waals surface area contributed by atoms with Crippen molar-refractivity contribution in [2.24, 2.45) is 0 Å². The Balaban J connectivity index is 0.922. The van der Waals surface area contributed by atoms with Gasteiger partial charge in [0.1, 0.15) is 22.3 Å². The molecular formula is C81H59NO2. The molecule has 14 aromatic rings. The third kappa shape index (κ3) is 6.69. The van der Waals surface area contributed by atoms with Crippen LogP contribution in [0.3, 0.4) is 0 Å². The lowest BCUT2D eigenvalue weighted by Gasteiger charge is -2.33. The molecule has 3 aliphatic rings. The van der Waals surface area contributed by atoms with Crippen LogP contribution in [0, 0.1) is 0 Å². The van der Waals surface area contributed by atoms with Crippen LogP contribution in [0.1, 0.15) is 74.9 Å². The Morgan fingerprint density at radius 2 is 0.738 bits per heavy atom. The maximum atomic E-state index is 7.10. The summed E-state index contributed by atoms with van der Waals surface area (Å²) >= 11 is 0. The van der Waals surface area contributed by atoms with E-state index < -0.39 is 10.8 Å². The number of anilines is 3. The van der Waals surface area contributed by atoms with Crippen molar-refractivity contribution in [3.63, 3.8) is 0 Å². The van der Waals surface area contributed by atoms with Gasteiger partial charge < -0.3 is 13.7 Å². The monoisotopic (exact) mass is 1080 g/mol. The summed E-state index contributed by atoms with van der Waals surface area (Å²) in [5.74, 6) is 0. The van der Waals surface area contributed by atoms with E-state index in [4.69, 9.17) is 8.83 Å². The highest BCUT2D eigenvalue weighted by atomic mass is 16.3. The van der Waals surface area contributed by atoms with Gasteiger partial charge in [-0.15, -0.1) is 0 Å². The van der Waals surface area contributed by atoms with Gasteiger partial charge in [-0.1, -0.05) is 242 Å². The number of hydrogen-bond acceptors (Lipinski definition) is 3. The van der Waals surface area contributed by atoms with Crippen molar-refractivity contribution < 1.29 is 8.83 Å². The summed E-state index contributed by atoms with van der Waals surface area (Å²) in [5.41, 5.74) is 30.7. The third-order valence-electron chi connectivity index (χ3n) is 19.4. The molecule has 0 N–H and O–H groups in total. The number of fused-ring (bicyclic) bond motifs is 19. The lowest BCUT2D eigenvalue weighted by Crippen LogP contribution is -2.24. The zero-order valence-corrected chi connectivity index (χ0v) is 47.9. The Morgan fingerprint density at radius 3 is 1.38 bits per heavy atom. The zero-order chi connectivity index (χ0) is 56.4. The van der Waals surface area contributed by atoms with Gasteiger partial charge in [-0.25, -0.2) is 0 Å². The molecule has 12 aromatic carbocycles. The molecule has 2 heterocycles. The molecule has 0 amide bonds. The fourth-order valence-corrected chi connectivity index (χ4v) is 15.5. The van der Waals surface area contributed by atoms with Crippen molar-refractivity contribution >= 4 is 60.9 Å². The van der Waals surface area contributed by atoms with Crippen molar-refractivity contribution in [3.8, 4) is 77.9 Å². The lowest BCUT2D eigenvalue weighted by atomic mass is 9.72. The van der Waals surface area contributed by atoms with Gasteiger partial charge in [-0.3, -0.25) is 0 Å². The first-order valence-electron chi connectivity index (χ1n) is 29.6. The number of nitrogens with zero attached hydrogens (tertiary/aromatic N) is 1. The Labute approximate surface area is 489 Å². The van der Waals surface area contributed by atoms with Crippen LogP contribution < -0.4 is 4.90 Å². The molecule has 2 aromatic heterocycles. The molecule has 0 atom stereocenters. The summed E-state index contributed by atoms with van der Waals surface area (Å²) in [7, 11) is 0. The van der Waals surface area contributed by atoms with Crippen LogP contribution in [0.25, 0.3) is 122 Å². The molecule has 0 saturated heterocycles. The summed E-state index contributed by atoms with van der Waals surface area (Å²) in [4.78, 5) is 2.58. The topological polar surface area (TPSA) is 29.5 Å². The second-order valence-corrected chi connectivity index (χ2v) is 25.0. The number of furan rings is 2. The van der Waals surface area contributed by atoms with Crippen molar-refractivity contribution in [1.29, 1.82) is 0 Å². The largest absolute Gasteiger partial charge is 0.455 e. The minimum Gasteiger partial charge on any atom is -0.455 e. The van der Waals surface area contributed by atoms with E-state index in [2.05, 4.69) is 295 Å². The summed E-state index contributed by atoms with van der Waals surface area (Å²) in [6.07, 6.45) is 0. The van der Waals surface area contributed by atoms with Gasteiger partial charge in [0, 0.05) is 71.4 Å². The summed E-state index contributed by atoms with van der Waals surface area (Å²) in [5, 5.41) is 4.65. The highest BCUT2D eigenvalue weighted by molar-refractivity contribution is 6.22. The average Bonchev–Trinajstić information content (AvgIpc) is 1.59. The van der Waals surface area contributed by atoms with E-state index in [0.29, 0.717) is 0 Å². The fourth-order valence-electron chi connectivity index (χ4n) is 15.5. The number of hydrogen-bond donors (Lipinski definition) is 0. The Morgan fingerprint density at radius 1 is 0.286 bits per heavy atom. The normalized spacial score (nSPS) is 14.6. The van der Waals surface area contributed by atoms with E-state index >= 15 is 0 Å². The van der Waals surface area contributed by atoms with Crippen LogP contribution in [-0.2, 0) is 16.2 Å². The summed E-state index contributed by atoms with van der Waals surface area (Å²) in [6, 6.07) is 91.7. The molecule has 3 aliphatic carbocycles. The van der Waals surface area contributed by atoms with Gasteiger partial charge in [-0.2, -0.15) is 0 Å². The van der Waals surface area contributed by atoms with E-state index in [1.807, 2.05) is 0 Å². The smallest absolute Gasteiger partial charge is 0.144 e. The van der Waals surface area contributed by atoms with Crippen molar-refractivity contribution in [2.45, 2.75) is 57.8 Å². The molecule has 400 valence electrons. The van der Waals surface area contributed by atoms with E-state index in [1.165, 1.54) is 83.3 Å². The number of benzene rings is 12. The standard InChI is InChI=1S/C81H59NO2/c1-79(2)64-45-53(40-42-58(64)69-66(79)47-62(77-71(69)60-33-17-20-38-67(60)83-77)52-31-22-30-51(44-52)48-24-10-7-11-25-48)82(76-55(49-26-12-8-13-27-49)35-23-36-56(76)50-28-14-9-15-29-50)54-41-43-59-65(46-54)81(5,6)74-70(59)72-61-34-18-21-39-68(61)84-78(72)73-57-32-16-19-37-63(57)80(3,4)75(73)74/h7-47H,1-6H3. The molecule has 3 heteroatoms. The maximum Gasteiger partial charge on any atom is 0.144 e. The number of rotatable bonds is 7. The second kappa shape index (κ2) is 17.5. The van der Waals surface area contributed by atoms with Gasteiger partial charge >= 0.3 is 0 Å². The first-order chi connectivity index (χ1) is 41.0. The molecule has 0 saturated carbocycles. The lowest BCUT2D eigenvalue weighted by molar-refractivity contribution is 0.600. The first-order valence-corrected chi connectivity index (χ1v) is 29.6. The third-order valence-corrected chi connectivity index (χ3v) is 19.4. The van der Waals surface area contributed by atoms with Crippen LogP contribution in [0.2, 0.25) is 0 Å². The first kappa shape index (κ1) is 48.7. The maximum absolute atomic E-state index is 7.10. The molecule has 0 unspecified atom stereocenters. The van der Waals surface area contributed by atoms with Gasteiger partial charge in [0.15, 0.2) is 0 Å². The molecule has 0 fully saturated rings. The van der Waals surface area contributed by atoms with E-state index in [0.717, 1.165) is 88.9 Å². The summed E-state index contributed by atoms with van der Waals surface area (Å²) in [6.45, 7) is 14.6. The van der Waals surface area contributed by atoms with E-state index in [1.54, 1.807) is 0 Å². The minimum absolute atomic E-state index is 0.271. The molecule has 0 spiro atoms. The van der Waals surface area contributed by atoms with Gasteiger partial charge in [0.25, 0.3) is 0 Å². The molecule has 0 radical (unpaired) electrons. The Hall–Kier alpha value is -9.96. The van der Waals surface area contributed by atoms with E-state index in [9.17, 15) is 0 Å². The molecule has 17 rings (SSSR count). The number of para-hydroxylation sites is 3. The van der Waals surface area contributed by atoms with E-state index in [-0.39, 0.29) is 5.41 Å². The molecule has 3 nitrogen and oxygen atoms in total. The highest BCUT2D eigenvalue weighted by Crippen LogP contribution is 2.64. The van der Waals surface area contributed by atoms with Crippen molar-refractivity contribution in [1.82, 2.24) is 0 Å². The predicted octanol–water partition coefficient (Wildman–Crippen LogP) is 22.5. The Bertz CT molecular complexity index is 5030. The second-order valence-electron chi connectivity index (χ2n) is 25.0. The average molecular weight is 1080 g/mol. The molecule has 0 aliphatic heterocycles. The van der Waals surface area contributed by atoms with Crippen molar-refractivity contribution in [3.05, 3.63) is 282 Å². The summed E-state index contributed by atoms with van der Waals surface area (Å²) < 4.78 is 14.1. The van der Waals surface area contributed by atoms with Gasteiger partial charge in [-0.05, 0) is 138 Å². The van der Waals surface area contributed by atoms with Gasteiger partial charge in [0.05, 0.1) is 5.69 Å². The van der Waals surface area contributed by atoms with Crippen molar-refractivity contribution in [2.75, 3.05) is 4.90 Å².